The molecule has 0 aromatic rings. The quantitative estimate of drug-likeness (QED) is 0.0261. The third-order valence-electron chi connectivity index (χ3n) is 13.7. The Hall–Kier alpha value is -4.19. The fourth-order valence-corrected chi connectivity index (χ4v) is 8.89. The zero-order chi connectivity index (χ0) is 56.4. The molecule has 0 aromatic carbocycles. The molecule has 0 rings (SSSR count). The maximum absolute atomic E-state index is 12.9. The molecule has 0 heterocycles. The second-order valence-corrected chi connectivity index (χ2v) is 21.3. The van der Waals surface area contributed by atoms with Crippen molar-refractivity contribution < 1.29 is 28.6 Å². The Morgan fingerprint density at radius 2 is 0.526 bits per heavy atom. The van der Waals surface area contributed by atoms with Gasteiger partial charge in [0.15, 0.2) is 6.10 Å². The van der Waals surface area contributed by atoms with Gasteiger partial charge in [-0.2, -0.15) is 0 Å². The zero-order valence-electron chi connectivity index (χ0n) is 50.9. The molecule has 0 N–H and O–H groups in total. The minimum absolute atomic E-state index is 0.103. The topological polar surface area (TPSA) is 78.9 Å². The molecule has 1 unspecified atom stereocenters. The highest BCUT2D eigenvalue weighted by atomic mass is 16.6. The summed E-state index contributed by atoms with van der Waals surface area (Å²) in [7, 11) is 0. The molecule has 0 aliphatic heterocycles. The fraction of sp³-hybridized carbons (Fsp3) is 0.681. The average Bonchev–Trinajstić information content (AvgIpc) is 3.44. The molecule has 0 saturated carbocycles. The molecule has 1 atom stereocenters. The minimum atomic E-state index is -0.812. The highest BCUT2D eigenvalue weighted by Crippen LogP contribution is 2.16. The second kappa shape index (κ2) is 65.3. The first kappa shape index (κ1) is 73.8. The molecule has 6 heteroatoms. The van der Waals surface area contributed by atoms with Crippen LogP contribution in [-0.2, 0) is 28.6 Å². The van der Waals surface area contributed by atoms with Crippen molar-refractivity contribution in [3.05, 3.63) is 122 Å². The number of ether oxygens (including phenoxy) is 3. The Kier molecular flexibility index (Phi) is 61.8. The summed E-state index contributed by atoms with van der Waals surface area (Å²) in [5.74, 6) is -0.988. The number of carbonyl (C=O) groups excluding carboxylic acids is 3. The standard InChI is InChI=1S/C72H120O6/c1-4-7-10-13-16-19-22-25-27-29-31-32-33-34-35-36-37-38-39-40-41-43-44-47-50-53-56-59-62-65-71(74)77-68-69(67-76-70(73)64-61-58-55-52-49-46-24-21-18-15-12-9-6-3)78-72(75)66-63-60-57-54-51-48-45-42-30-28-26-23-20-17-14-11-8-5-2/h7,9-10,12,16,18-19,21,25,27-28,30-32,34-35,46,49,55,58,69H,4-6,8,11,13-15,17,20,22-24,26,29,33,36-45,47-48,50-54,56-57,59-68H2,1-3H3/b10-7-,12-9-,19-16-,21-18-,27-25-,30-28-,32-31-,35-34-,49-46-,58-55-. The van der Waals surface area contributed by atoms with E-state index < -0.39 is 6.10 Å². The van der Waals surface area contributed by atoms with E-state index in [0.29, 0.717) is 19.3 Å². The van der Waals surface area contributed by atoms with Crippen LogP contribution in [0.5, 0.6) is 0 Å². The van der Waals surface area contributed by atoms with Crippen molar-refractivity contribution in [2.75, 3.05) is 13.2 Å². The first-order valence-electron chi connectivity index (χ1n) is 32.5. The molecule has 444 valence electrons. The van der Waals surface area contributed by atoms with Gasteiger partial charge in [-0.15, -0.1) is 0 Å². The van der Waals surface area contributed by atoms with Crippen LogP contribution in [0.1, 0.15) is 297 Å². The van der Waals surface area contributed by atoms with Crippen LogP contribution < -0.4 is 0 Å². The molecule has 6 nitrogen and oxygen atoms in total. The van der Waals surface area contributed by atoms with Crippen molar-refractivity contribution in [2.45, 2.75) is 303 Å². The number of unbranched alkanes of at least 4 members (excludes halogenated alkanes) is 27. The normalized spacial score (nSPS) is 12.9. The van der Waals surface area contributed by atoms with Crippen LogP contribution in [0.2, 0.25) is 0 Å². The summed E-state index contributed by atoms with van der Waals surface area (Å²) in [5, 5.41) is 0. The number of allylic oxidation sites excluding steroid dienone is 20. The van der Waals surface area contributed by atoms with E-state index in [-0.39, 0.29) is 37.5 Å². The van der Waals surface area contributed by atoms with E-state index in [0.717, 1.165) is 96.3 Å². The summed E-state index contributed by atoms with van der Waals surface area (Å²) >= 11 is 0. The van der Waals surface area contributed by atoms with E-state index in [1.807, 2.05) is 6.08 Å². The lowest BCUT2D eigenvalue weighted by Crippen LogP contribution is -2.30. The molecule has 0 aliphatic carbocycles. The summed E-state index contributed by atoms with van der Waals surface area (Å²) in [4.78, 5) is 38.3. The van der Waals surface area contributed by atoms with Crippen LogP contribution >= 0.6 is 0 Å². The van der Waals surface area contributed by atoms with E-state index in [2.05, 4.69) is 136 Å². The molecule has 0 radical (unpaired) electrons. The smallest absolute Gasteiger partial charge is 0.306 e. The van der Waals surface area contributed by atoms with Crippen molar-refractivity contribution in [3.8, 4) is 0 Å². The van der Waals surface area contributed by atoms with Gasteiger partial charge in [-0.1, -0.05) is 284 Å². The molecular formula is C72H120O6. The third-order valence-corrected chi connectivity index (χ3v) is 13.7. The van der Waals surface area contributed by atoms with Crippen LogP contribution in [0.15, 0.2) is 122 Å². The SMILES string of the molecule is CC/C=C\C/C=C\C/C=C\C/C=C\C/C=C\CCCCCCCCCCCCCCCC(=O)OCC(COC(=O)CC/C=C\C/C=C\C/C=C\C/C=C\CC)OC(=O)CCCCCCCCC/C=C\CCCCCCCCC. The van der Waals surface area contributed by atoms with E-state index in [4.69, 9.17) is 14.2 Å². The third kappa shape index (κ3) is 62.7. The van der Waals surface area contributed by atoms with Crippen molar-refractivity contribution >= 4 is 17.9 Å². The predicted molar refractivity (Wildman–Crippen MR) is 339 cm³/mol. The average molecular weight is 1080 g/mol. The number of carbonyl (C=O) groups is 3. The molecule has 0 bridgehead atoms. The number of hydrogen-bond donors (Lipinski definition) is 0. The summed E-state index contributed by atoms with van der Waals surface area (Å²) < 4.78 is 16.8. The van der Waals surface area contributed by atoms with Crippen molar-refractivity contribution in [3.63, 3.8) is 0 Å². The van der Waals surface area contributed by atoms with E-state index >= 15 is 0 Å². The van der Waals surface area contributed by atoms with Gasteiger partial charge < -0.3 is 14.2 Å². The van der Waals surface area contributed by atoms with Gasteiger partial charge >= 0.3 is 17.9 Å². The van der Waals surface area contributed by atoms with Gasteiger partial charge in [0.05, 0.1) is 0 Å². The van der Waals surface area contributed by atoms with Gasteiger partial charge in [-0.3, -0.25) is 14.4 Å². The first-order valence-corrected chi connectivity index (χ1v) is 32.5. The highest BCUT2D eigenvalue weighted by Gasteiger charge is 2.19. The first-order chi connectivity index (χ1) is 38.5. The van der Waals surface area contributed by atoms with Crippen LogP contribution in [0.4, 0.5) is 0 Å². The van der Waals surface area contributed by atoms with Crippen LogP contribution in [0.25, 0.3) is 0 Å². The highest BCUT2D eigenvalue weighted by molar-refractivity contribution is 5.71. The Morgan fingerprint density at radius 3 is 0.872 bits per heavy atom. The summed E-state index contributed by atoms with van der Waals surface area (Å²) in [6.45, 7) is 6.36. The van der Waals surface area contributed by atoms with Gasteiger partial charge in [-0.25, -0.2) is 0 Å². The van der Waals surface area contributed by atoms with Gasteiger partial charge in [-0.05, 0) is 116 Å². The Bertz CT molecular complexity index is 1620. The number of rotatable bonds is 58. The zero-order valence-corrected chi connectivity index (χ0v) is 50.9. The Balaban J connectivity index is 4.31. The largest absolute Gasteiger partial charge is 0.462 e. The number of hydrogen-bond acceptors (Lipinski definition) is 6. The molecular weight excluding hydrogens is 961 g/mol. The minimum Gasteiger partial charge on any atom is -0.462 e. The van der Waals surface area contributed by atoms with E-state index in [9.17, 15) is 14.4 Å². The predicted octanol–water partition coefficient (Wildman–Crippen LogP) is 22.4. The molecule has 0 spiro atoms. The van der Waals surface area contributed by atoms with Crippen LogP contribution in [0, 0.1) is 0 Å². The van der Waals surface area contributed by atoms with Crippen molar-refractivity contribution in [2.24, 2.45) is 0 Å². The van der Waals surface area contributed by atoms with Crippen molar-refractivity contribution in [1.29, 1.82) is 0 Å². The van der Waals surface area contributed by atoms with E-state index in [1.165, 1.54) is 154 Å². The molecule has 0 amide bonds. The maximum atomic E-state index is 12.9. The summed E-state index contributed by atoms with van der Waals surface area (Å²) in [5.41, 5.74) is 0. The Labute approximate surface area is 482 Å². The summed E-state index contributed by atoms with van der Waals surface area (Å²) in [6, 6.07) is 0. The Morgan fingerprint density at radius 1 is 0.269 bits per heavy atom. The van der Waals surface area contributed by atoms with Gasteiger partial charge in [0.2, 0.25) is 0 Å². The van der Waals surface area contributed by atoms with Crippen LogP contribution in [0.3, 0.4) is 0 Å². The molecule has 0 aromatic heterocycles. The van der Waals surface area contributed by atoms with Crippen LogP contribution in [-0.4, -0.2) is 37.2 Å². The second-order valence-electron chi connectivity index (χ2n) is 21.3. The lowest BCUT2D eigenvalue weighted by molar-refractivity contribution is -0.166. The fourth-order valence-electron chi connectivity index (χ4n) is 8.89. The van der Waals surface area contributed by atoms with Gasteiger partial charge in [0.25, 0.3) is 0 Å². The lowest BCUT2D eigenvalue weighted by Gasteiger charge is -2.18. The molecule has 0 fully saturated rings. The van der Waals surface area contributed by atoms with E-state index in [1.54, 1.807) is 0 Å². The maximum Gasteiger partial charge on any atom is 0.306 e. The monoisotopic (exact) mass is 1080 g/mol. The van der Waals surface area contributed by atoms with Gasteiger partial charge in [0.1, 0.15) is 13.2 Å². The molecule has 0 aliphatic rings. The molecule has 78 heavy (non-hydrogen) atoms. The number of esters is 3. The molecule has 0 saturated heterocycles. The summed E-state index contributed by atoms with van der Waals surface area (Å²) in [6.07, 6.45) is 90.9. The van der Waals surface area contributed by atoms with Gasteiger partial charge in [0, 0.05) is 19.3 Å². The van der Waals surface area contributed by atoms with Crippen molar-refractivity contribution in [1.82, 2.24) is 0 Å². The lowest BCUT2D eigenvalue weighted by atomic mass is 10.0.